The molecule has 0 atom stereocenters. The van der Waals surface area contributed by atoms with E-state index >= 15 is 0 Å². The molecule has 0 aliphatic rings. The van der Waals surface area contributed by atoms with E-state index < -0.39 is 17.5 Å². The van der Waals surface area contributed by atoms with Crippen molar-refractivity contribution in [2.75, 3.05) is 11.9 Å². The van der Waals surface area contributed by atoms with E-state index in [1.54, 1.807) is 58.2 Å². The van der Waals surface area contributed by atoms with E-state index in [0.29, 0.717) is 28.9 Å². The van der Waals surface area contributed by atoms with Crippen molar-refractivity contribution in [1.29, 1.82) is 0 Å². The van der Waals surface area contributed by atoms with Gasteiger partial charge in [-0.15, -0.1) is 0 Å². The van der Waals surface area contributed by atoms with Gasteiger partial charge in [-0.3, -0.25) is 19.4 Å². The molecule has 0 aliphatic carbocycles. The van der Waals surface area contributed by atoms with Crippen molar-refractivity contribution in [1.82, 2.24) is 19.7 Å². The van der Waals surface area contributed by atoms with Crippen molar-refractivity contribution in [2.24, 2.45) is 0 Å². The van der Waals surface area contributed by atoms with Crippen LogP contribution in [0.2, 0.25) is 0 Å². The van der Waals surface area contributed by atoms with Gasteiger partial charge in [-0.05, 0) is 69.6 Å². The lowest BCUT2D eigenvalue weighted by Gasteiger charge is -2.19. The van der Waals surface area contributed by atoms with Crippen LogP contribution in [0.4, 0.5) is 5.69 Å². The number of para-hydroxylation sites is 2. The van der Waals surface area contributed by atoms with Gasteiger partial charge in [0.15, 0.2) is 0 Å². The van der Waals surface area contributed by atoms with E-state index in [0.717, 1.165) is 21.6 Å². The van der Waals surface area contributed by atoms with Crippen LogP contribution in [0.3, 0.4) is 0 Å². The molecule has 2 aromatic heterocycles. The third-order valence-corrected chi connectivity index (χ3v) is 6.13. The third kappa shape index (κ3) is 6.73. The second kappa shape index (κ2) is 10.8. The van der Waals surface area contributed by atoms with Gasteiger partial charge in [0.05, 0.1) is 28.0 Å². The zero-order valence-corrected chi connectivity index (χ0v) is 21.8. The number of carbonyl (C=O) groups is 3. The van der Waals surface area contributed by atoms with Crippen LogP contribution in [0.1, 0.15) is 57.8 Å². The summed E-state index contributed by atoms with van der Waals surface area (Å²) in [6.07, 6.45) is 2.12. The van der Waals surface area contributed by atoms with E-state index in [9.17, 15) is 14.4 Å². The summed E-state index contributed by atoms with van der Waals surface area (Å²) >= 11 is 1.25. The predicted octanol–water partition coefficient (Wildman–Crippen LogP) is 4.31. The van der Waals surface area contributed by atoms with Crippen molar-refractivity contribution in [3.8, 4) is 0 Å². The first kappa shape index (κ1) is 25.9. The molecule has 0 saturated carbocycles. The fraction of sp³-hybridized carbons (Fsp3) is 0.259. The van der Waals surface area contributed by atoms with Crippen LogP contribution in [-0.2, 0) is 16.0 Å². The van der Waals surface area contributed by atoms with Crippen LogP contribution < -0.4 is 10.6 Å². The lowest BCUT2D eigenvalue weighted by Crippen LogP contribution is -2.34. The van der Waals surface area contributed by atoms with Gasteiger partial charge in [0.25, 0.3) is 11.8 Å². The fourth-order valence-corrected chi connectivity index (χ4v) is 4.52. The molecule has 9 nitrogen and oxygen atoms in total. The van der Waals surface area contributed by atoms with Crippen molar-refractivity contribution in [2.45, 2.75) is 39.7 Å². The lowest BCUT2D eigenvalue weighted by atomic mass is 10.1. The number of amides is 2. The molecule has 2 amide bonds. The van der Waals surface area contributed by atoms with Gasteiger partial charge in [-0.2, -0.15) is 4.37 Å². The molecule has 0 radical (unpaired) electrons. The Bertz CT molecular complexity index is 1480. The van der Waals surface area contributed by atoms with E-state index in [1.807, 2.05) is 24.3 Å². The largest absolute Gasteiger partial charge is 0.459 e. The Balaban J connectivity index is 1.45. The molecule has 0 unspecified atom stereocenters. The monoisotopic (exact) mass is 517 g/mol. The minimum Gasteiger partial charge on any atom is -0.459 e. The minimum atomic E-state index is -0.639. The first-order chi connectivity index (χ1) is 17.6. The van der Waals surface area contributed by atoms with E-state index in [4.69, 9.17) is 4.74 Å². The summed E-state index contributed by atoms with van der Waals surface area (Å²) in [6, 6.07) is 14.1. The summed E-state index contributed by atoms with van der Waals surface area (Å²) in [4.78, 5) is 47.5. The van der Waals surface area contributed by atoms with Gasteiger partial charge >= 0.3 is 5.97 Å². The molecule has 4 aromatic rings. The number of aromatic nitrogens is 3. The van der Waals surface area contributed by atoms with Gasteiger partial charge in [0, 0.05) is 28.7 Å². The van der Waals surface area contributed by atoms with Crippen LogP contribution >= 0.6 is 11.5 Å². The van der Waals surface area contributed by atoms with Gasteiger partial charge in [-0.1, -0.05) is 18.2 Å². The number of nitrogens with one attached hydrogen (secondary N) is 2. The summed E-state index contributed by atoms with van der Waals surface area (Å²) in [6.45, 7) is 6.79. The van der Waals surface area contributed by atoms with E-state index in [2.05, 4.69) is 25.0 Å². The van der Waals surface area contributed by atoms with Crippen LogP contribution in [0.25, 0.3) is 11.0 Å². The smallest absolute Gasteiger partial charge is 0.325 e. The number of carbonyl (C=O) groups excluding carboxylic acids is 3. The van der Waals surface area contributed by atoms with Crippen LogP contribution in [0.5, 0.6) is 0 Å². The van der Waals surface area contributed by atoms with E-state index in [-0.39, 0.29) is 12.5 Å². The zero-order chi connectivity index (χ0) is 26.6. The number of nitrogens with zero attached hydrogens (tertiary/aromatic N) is 3. The highest BCUT2D eigenvalue weighted by atomic mass is 32.1. The molecule has 0 saturated heterocycles. The molecule has 4 rings (SSSR count). The Morgan fingerprint density at radius 3 is 2.51 bits per heavy atom. The summed E-state index contributed by atoms with van der Waals surface area (Å²) in [5.41, 5.74) is 3.51. The van der Waals surface area contributed by atoms with Crippen LogP contribution in [0, 0.1) is 6.92 Å². The molecular weight excluding hydrogens is 490 g/mol. The average molecular weight is 518 g/mol. The Morgan fingerprint density at radius 2 is 1.76 bits per heavy atom. The Labute approximate surface area is 218 Å². The molecule has 190 valence electrons. The molecule has 0 spiro atoms. The number of ether oxygens (including phenoxy) is 1. The number of benzene rings is 2. The zero-order valence-electron chi connectivity index (χ0n) is 21.0. The average Bonchev–Trinajstić information content (AvgIpc) is 3.21. The quantitative estimate of drug-likeness (QED) is 0.350. The van der Waals surface area contributed by atoms with Crippen LogP contribution in [-0.4, -0.2) is 44.3 Å². The molecule has 37 heavy (non-hydrogen) atoms. The third-order valence-electron chi connectivity index (χ3n) is 5.20. The second-order valence-corrected chi connectivity index (χ2v) is 10.3. The van der Waals surface area contributed by atoms with Gasteiger partial charge in [0.1, 0.15) is 12.1 Å². The minimum absolute atomic E-state index is 0.256. The number of rotatable bonds is 7. The summed E-state index contributed by atoms with van der Waals surface area (Å²) in [7, 11) is 0. The Kier molecular flexibility index (Phi) is 7.58. The van der Waals surface area contributed by atoms with Crippen molar-refractivity contribution >= 4 is 46.0 Å². The molecule has 0 bridgehead atoms. The topological polar surface area (TPSA) is 123 Å². The van der Waals surface area contributed by atoms with Crippen LogP contribution in [0.15, 0.2) is 54.7 Å². The molecule has 0 fully saturated rings. The van der Waals surface area contributed by atoms with Gasteiger partial charge in [-0.25, -0.2) is 4.98 Å². The summed E-state index contributed by atoms with van der Waals surface area (Å²) < 4.78 is 9.58. The van der Waals surface area contributed by atoms with E-state index in [1.165, 1.54) is 11.5 Å². The SMILES string of the molecule is Cc1nsc(Cc2cnc3ccccc3n2)c1C(=O)Nc1cccc(C(=O)NCC(=O)OC(C)(C)C)c1. The van der Waals surface area contributed by atoms with Crippen molar-refractivity contribution < 1.29 is 19.1 Å². The Hall–Kier alpha value is -4.18. The number of hydrogen-bond donors (Lipinski definition) is 2. The highest BCUT2D eigenvalue weighted by Gasteiger charge is 2.21. The maximum absolute atomic E-state index is 13.2. The maximum atomic E-state index is 13.2. The molecule has 10 heteroatoms. The number of fused-ring (bicyclic) bond motifs is 1. The van der Waals surface area contributed by atoms with Crippen molar-refractivity contribution in [3.63, 3.8) is 0 Å². The lowest BCUT2D eigenvalue weighted by molar-refractivity contribution is -0.153. The molecule has 0 aliphatic heterocycles. The summed E-state index contributed by atoms with van der Waals surface area (Å²) in [5, 5.41) is 5.39. The molecular formula is C27H27N5O4S. The summed E-state index contributed by atoms with van der Waals surface area (Å²) in [5.74, 6) is -1.32. The maximum Gasteiger partial charge on any atom is 0.325 e. The second-order valence-electron chi connectivity index (χ2n) is 9.40. The first-order valence-corrected chi connectivity index (χ1v) is 12.4. The number of esters is 1. The fourth-order valence-electron chi connectivity index (χ4n) is 3.64. The number of aryl methyl sites for hydroxylation is 1. The normalized spacial score (nSPS) is 11.2. The predicted molar refractivity (Wildman–Crippen MR) is 142 cm³/mol. The standard InChI is InChI=1S/C27H27N5O4S/c1-16-24(22(37-32-16)13-19-14-28-20-10-5-6-11-21(20)30-19)26(35)31-18-9-7-8-17(12-18)25(34)29-15-23(33)36-27(2,3)4/h5-12,14H,13,15H2,1-4H3,(H,29,34)(H,31,35). The molecule has 2 heterocycles. The highest BCUT2D eigenvalue weighted by molar-refractivity contribution is 7.06. The van der Waals surface area contributed by atoms with Crippen molar-refractivity contribution in [3.05, 3.63) is 82.1 Å². The van der Waals surface area contributed by atoms with Gasteiger partial charge in [0.2, 0.25) is 0 Å². The Morgan fingerprint density at radius 1 is 1.00 bits per heavy atom. The molecule has 2 N–H and O–H groups in total. The first-order valence-electron chi connectivity index (χ1n) is 11.7. The number of anilines is 1. The number of hydrogen-bond acceptors (Lipinski definition) is 8. The van der Waals surface area contributed by atoms with Gasteiger partial charge < -0.3 is 15.4 Å². The molecule has 2 aromatic carbocycles. The highest BCUT2D eigenvalue weighted by Crippen LogP contribution is 2.24.